The highest BCUT2D eigenvalue weighted by Gasteiger charge is 2.03. The molecule has 0 aliphatic heterocycles. The number of carbonyl (C=O) groups excluding carboxylic acids is 1. The highest BCUT2D eigenvalue weighted by Crippen LogP contribution is 2.18. The molecule has 0 aliphatic rings. The van der Waals surface area contributed by atoms with Gasteiger partial charge >= 0.3 is 6.03 Å². The monoisotopic (exact) mass is 396 g/mol. The first kappa shape index (κ1) is 17.0. The second-order valence-corrected chi connectivity index (χ2v) is 6.30. The molecule has 0 radical (unpaired) electrons. The second-order valence-electron chi connectivity index (χ2n) is 5.39. The molecule has 0 saturated carbocycles. The van der Waals surface area contributed by atoms with Gasteiger partial charge in [0, 0.05) is 15.8 Å². The smallest absolute Gasteiger partial charge is 0.323 e. The van der Waals surface area contributed by atoms with Crippen molar-refractivity contribution >= 4 is 33.3 Å². The Morgan fingerprint density at radius 2 is 1.56 bits per heavy atom. The van der Waals surface area contributed by atoms with Crippen molar-refractivity contribution in [2.75, 3.05) is 10.6 Å². The lowest BCUT2D eigenvalue weighted by Crippen LogP contribution is -2.19. The van der Waals surface area contributed by atoms with E-state index in [1.54, 1.807) is 12.1 Å². The standard InChI is InChI=1S/C20H17BrN2O2/c21-16-7-4-8-18(13-16)23-20(24)22-17-9-11-19(12-10-17)25-14-15-5-2-1-3-6-15/h1-13H,14H2,(H2,22,23,24). The van der Waals surface area contributed by atoms with Gasteiger partial charge in [0.1, 0.15) is 12.4 Å². The van der Waals surface area contributed by atoms with E-state index >= 15 is 0 Å². The molecular formula is C20H17BrN2O2. The summed E-state index contributed by atoms with van der Waals surface area (Å²) in [4.78, 5) is 12.0. The maximum absolute atomic E-state index is 12.0. The van der Waals surface area contributed by atoms with Crippen LogP contribution in [0.5, 0.6) is 5.75 Å². The summed E-state index contributed by atoms with van der Waals surface area (Å²) >= 11 is 3.37. The van der Waals surface area contributed by atoms with E-state index in [-0.39, 0.29) is 6.03 Å². The summed E-state index contributed by atoms with van der Waals surface area (Å²) in [6, 6.07) is 24.4. The van der Waals surface area contributed by atoms with Crippen LogP contribution < -0.4 is 15.4 Å². The van der Waals surface area contributed by atoms with Crippen LogP contribution in [0.25, 0.3) is 0 Å². The van der Waals surface area contributed by atoms with Gasteiger partial charge in [0.15, 0.2) is 0 Å². The van der Waals surface area contributed by atoms with Crippen LogP contribution in [0, 0.1) is 0 Å². The molecule has 0 aromatic heterocycles. The molecule has 3 aromatic carbocycles. The largest absolute Gasteiger partial charge is 0.489 e. The van der Waals surface area contributed by atoms with Crippen LogP contribution in [0.15, 0.2) is 83.3 Å². The molecule has 126 valence electrons. The Kier molecular flexibility index (Phi) is 5.69. The van der Waals surface area contributed by atoms with Gasteiger partial charge in [-0.3, -0.25) is 0 Å². The lowest BCUT2D eigenvalue weighted by atomic mass is 10.2. The van der Waals surface area contributed by atoms with Crippen LogP contribution in [-0.2, 0) is 6.61 Å². The number of amides is 2. The van der Waals surface area contributed by atoms with E-state index in [0.717, 1.165) is 21.5 Å². The molecule has 2 N–H and O–H groups in total. The van der Waals surface area contributed by atoms with Gasteiger partial charge in [-0.05, 0) is 48.0 Å². The third kappa shape index (κ3) is 5.36. The highest BCUT2D eigenvalue weighted by atomic mass is 79.9. The van der Waals surface area contributed by atoms with Crippen LogP contribution in [0.4, 0.5) is 16.2 Å². The topological polar surface area (TPSA) is 50.4 Å². The molecule has 0 fully saturated rings. The Bertz CT molecular complexity index is 836. The zero-order valence-corrected chi connectivity index (χ0v) is 15.0. The third-order valence-electron chi connectivity index (χ3n) is 3.44. The molecule has 4 nitrogen and oxygen atoms in total. The zero-order chi connectivity index (χ0) is 17.5. The van der Waals surface area contributed by atoms with Crippen molar-refractivity contribution < 1.29 is 9.53 Å². The van der Waals surface area contributed by atoms with Crippen molar-refractivity contribution in [1.29, 1.82) is 0 Å². The molecule has 0 atom stereocenters. The Morgan fingerprint density at radius 3 is 2.28 bits per heavy atom. The van der Waals surface area contributed by atoms with E-state index in [1.165, 1.54) is 0 Å². The first-order valence-corrected chi connectivity index (χ1v) is 8.59. The summed E-state index contributed by atoms with van der Waals surface area (Å²) in [6.45, 7) is 0.511. The first-order valence-electron chi connectivity index (χ1n) is 7.79. The fourth-order valence-electron chi connectivity index (χ4n) is 2.24. The average molecular weight is 397 g/mol. The molecule has 25 heavy (non-hydrogen) atoms. The summed E-state index contributed by atoms with van der Waals surface area (Å²) in [5.41, 5.74) is 2.52. The number of hydrogen-bond acceptors (Lipinski definition) is 2. The number of benzene rings is 3. The normalized spacial score (nSPS) is 10.1. The SMILES string of the molecule is O=C(Nc1ccc(OCc2ccccc2)cc1)Nc1cccc(Br)c1. The number of urea groups is 1. The number of rotatable bonds is 5. The van der Waals surface area contributed by atoms with E-state index in [4.69, 9.17) is 4.74 Å². The van der Waals surface area contributed by atoms with Crippen molar-refractivity contribution in [2.45, 2.75) is 6.61 Å². The fourth-order valence-corrected chi connectivity index (χ4v) is 2.63. The van der Waals surface area contributed by atoms with Gasteiger partial charge in [-0.15, -0.1) is 0 Å². The minimum absolute atomic E-state index is 0.295. The van der Waals surface area contributed by atoms with Crippen LogP contribution >= 0.6 is 15.9 Å². The molecule has 3 rings (SSSR count). The van der Waals surface area contributed by atoms with Gasteiger partial charge in [0.25, 0.3) is 0 Å². The van der Waals surface area contributed by atoms with Gasteiger partial charge in [-0.2, -0.15) is 0 Å². The summed E-state index contributed by atoms with van der Waals surface area (Å²) in [6.07, 6.45) is 0. The number of nitrogens with one attached hydrogen (secondary N) is 2. The lowest BCUT2D eigenvalue weighted by molar-refractivity contribution is 0.262. The summed E-state index contributed by atoms with van der Waals surface area (Å²) in [7, 11) is 0. The molecule has 2 amide bonds. The van der Waals surface area contributed by atoms with E-state index in [9.17, 15) is 4.79 Å². The van der Waals surface area contributed by atoms with Gasteiger partial charge in [-0.1, -0.05) is 52.3 Å². The molecule has 0 heterocycles. The number of anilines is 2. The molecule has 0 aliphatic carbocycles. The molecule has 3 aromatic rings. The van der Waals surface area contributed by atoms with Crippen molar-refractivity contribution in [3.8, 4) is 5.75 Å². The molecule has 0 unspecified atom stereocenters. The Morgan fingerprint density at radius 1 is 0.840 bits per heavy atom. The van der Waals surface area contributed by atoms with Gasteiger partial charge in [0.05, 0.1) is 0 Å². The Labute approximate surface area is 155 Å². The fraction of sp³-hybridized carbons (Fsp3) is 0.0500. The quantitative estimate of drug-likeness (QED) is 0.583. The third-order valence-corrected chi connectivity index (χ3v) is 3.94. The van der Waals surface area contributed by atoms with Crippen molar-refractivity contribution in [1.82, 2.24) is 0 Å². The predicted molar refractivity (Wildman–Crippen MR) is 104 cm³/mol. The number of ether oxygens (including phenoxy) is 1. The molecule has 0 bridgehead atoms. The van der Waals surface area contributed by atoms with Crippen molar-refractivity contribution in [3.05, 3.63) is 88.9 Å². The number of hydrogen-bond donors (Lipinski definition) is 2. The summed E-state index contributed by atoms with van der Waals surface area (Å²) in [5.74, 6) is 0.752. The van der Waals surface area contributed by atoms with Crippen LogP contribution in [0.2, 0.25) is 0 Å². The van der Waals surface area contributed by atoms with Gasteiger partial charge < -0.3 is 15.4 Å². The van der Waals surface area contributed by atoms with E-state index < -0.39 is 0 Å². The van der Waals surface area contributed by atoms with Crippen LogP contribution in [-0.4, -0.2) is 6.03 Å². The molecule has 0 spiro atoms. The predicted octanol–water partition coefficient (Wildman–Crippen LogP) is 5.67. The van der Waals surface area contributed by atoms with Gasteiger partial charge in [0.2, 0.25) is 0 Å². The number of halogens is 1. The van der Waals surface area contributed by atoms with Crippen LogP contribution in [0.1, 0.15) is 5.56 Å². The minimum Gasteiger partial charge on any atom is -0.489 e. The molecule has 0 saturated heterocycles. The Balaban J connectivity index is 1.52. The summed E-state index contributed by atoms with van der Waals surface area (Å²) < 4.78 is 6.63. The van der Waals surface area contributed by atoms with Gasteiger partial charge in [-0.25, -0.2) is 4.79 Å². The van der Waals surface area contributed by atoms with E-state index in [0.29, 0.717) is 12.3 Å². The van der Waals surface area contributed by atoms with E-state index in [2.05, 4.69) is 26.6 Å². The molecular weight excluding hydrogens is 380 g/mol. The number of carbonyl (C=O) groups is 1. The average Bonchev–Trinajstić information content (AvgIpc) is 2.62. The van der Waals surface area contributed by atoms with Crippen LogP contribution in [0.3, 0.4) is 0 Å². The highest BCUT2D eigenvalue weighted by molar-refractivity contribution is 9.10. The van der Waals surface area contributed by atoms with E-state index in [1.807, 2.05) is 66.7 Å². The second kappa shape index (κ2) is 8.35. The first-order chi connectivity index (χ1) is 12.2. The van der Waals surface area contributed by atoms with Crippen molar-refractivity contribution in [2.24, 2.45) is 0 Å². The maximum Gasteiger partial charge on any atom is 0.323 e. The maximum atomic E-state index is 12.0. The summed E-state index contributed by atoms with van der Waals surface area (Å²) in [5, 5.41) is 5.57. The minimum atomic E-state index is -0.295. The lowest BCUT2D eigenvalue weighted by Gasteiger charge is -2.10. The molecule has 5 heteroatoms. The Hall–Kier alpha value is -2.79. The van der Waals surface area contributed by atoms with Crippen molar-refractivity contribution in [3.63, 3.8) is 0 Å². The zero-order valence-electron chi connectivity index (χ0n) is 13.4.